The van der Waals surface area contributed by atoms with Gasteiger partial charge in [-0.3, -0.25) is 4.98 Å². The molecule has 110 valence electrons. The van der Waals surface area contributed by atoms with Crippen molar-refractivity contribution in [3.8, 4) is 0 Å². The van der Waals surface area contributed by atoms with Crippen LogP contribution in [0, 0.1) is 12.3 Å². The lowest BCUT2D eigenvalue weighted by Crippen LogP contribution is -2.62. The molecular weight excluding hydrogens is 248 g/mol. The molecule has 2 aliphatic carbocycles. The molecular formula is C17H26N2O. The Kier molecular flexibility index (Phi) is 4.08. The van der Waals surface area contributed by atoms with Crippen LogP contribution in [0.25, 0.3) is 0 Å². The zero-order chi connectivity index (χ0) is 14.0. The molecule has 20 heavy (non-hydrogen) atoms. The average Bonchev–Trinajstić information content (AvgIpc) is 2.94. The van der Waals surface area contributed by atoms with Gasteiger partial charge in [0, 0.05) is 30.3 Å². The van der Waals surface area contributed by atoms with Crippen LogP contribution in [-0.4, -0.2) is 23.7 Å². The Bertz CT molecular complexity index is 454. The number of aryl methyl sites for hydroxylation is 1. The van der Waals surface area contributed by atoms with Crippen molar-refractivity contribution < 1.29 is 4.74 Å². The number of pyridine rings is 1. The van der Waals surface area contributed by atoms with Crippen molar-refractivity contribution in [1.29, 1.82) is 0 Å². The van der Waals surface area contributed by atoms with Crippen molar-refractivity contribution in [2.24, 2.45) is 5.41 Å². The molecule has 2 aliphatic rings. The quantitative estimate of drug-likeness (QED) is 0.895. The summed E-state index contributed by atoms with van der Waals surface area (Å²) >= 11 is 0. The van der Waals surface area contributed by atoms with Gasteiger partial charge < -0.3 is 10.1 Å². The van der Waals surface area contributed by atoms with E-state index in [1.54, 1.807) is 0 Å². The lowest BCUT2D eigenvalue weighted by molar-refractivity contribution is -0.130. The van der Waals surface area contributed by atoms with Crippen molar-refractivity contribution in [1.82, 2.24) is 10.3 Å². The Labute approximate surface area is 122 Å². The molecule has 0 aromatic carbocycles. The van der Waals surface area contributed by atoms with Crippen LogP contribution in [0.1, 0.15) is 50.4 Å². The second-order valence-electron chi connectivity index (χ2n) is 6.32. The molecule has 2 unspecified atom stereocenters. The van der Waals surface area contributed by atoms with Gasteiger partial charge in [0.25, 0.3) is 0 Å². The highest BCUT2D eigenvalue weighted by Crippen LogP contribution is 2.54. The number of nitrogens with one attached hydrogen (secondary N) is 1. The minimum absolute atomic E-state index is 0.417. The molecule has 1 aromatic rings. The van der Waals surface area contributed by atoms with E-state index in [9.17, 15) is 0 Å². The van der Waals surface area contributed by atoms with Gasteiger partial charge in [-0.1, -0.05) is 18.9 Å². The minimum atomic E-state index is 0.417. The number of hydrogen-bond acceptors (Lipinski definition) is 3. The maximum Gasteiger partial charge on any atom is 0.0661 e. The summed E-state index contributed by atoms with van der Waals surface area (Å²) in [4.78, 5) is 4.58. The van der Waals surface area contributed by atoms with Crippen LogP contribution in [0.3, 0.4) is 0 Å². The van der Waals surface area contributed by atoms with E-state index in [1.165, 1.54) is 32.1 Å². The van der Waals surface area contributed by atoms with Crippen LogP contribution in [0.5, 0.6) is 0 Å². The van der Waals surface area contributed by atoms with Gasteiger partial charge in [-0.15, -0.1) is 0 Å². The monoisotopic (exact) mass is 274 g/mol. The fourth-order valence-corrected chi connectivity index (χ4v) is 4.10. The van der Waals surface area contributed by atoms with E-state index >= 15 is 0 Å². The first kappa shape index (κ1) is 14.0. The van der Waals surface area contributed by atoms with E-state index in [4.69, 9.17) is 4.74 Å². The predicted molar refractivity (Wildman–Crippen MR) is 80.5 cm³/mol. The van der Waals surface area contributed by atoms with Gasteiger partial charge in [0.15, 0.2) is 0 Å². The zero-order valence-electron chi connectivity index (χ0n) is 12.7. The molecule has 0 bridgehead atoms. The summed E-state index contributed by atoms with van der Waals surface area (Å²) in [5.74, 6) is 0. The summed E-state index contributed by atoms with van der Waals surface area (Å²) < 4.78 is 5.96. The van der Waals surface area contributed by atoms with E-state index in [0.29, 0.717) is 17.6 Å². The van der Waals surface area contributed by atoms with Crippen molar-refractivity contribution in [3.63, 3.8) is 0 Å². The van der Waals surface area contributed by atoms with Gasteiger partial charge in [-0.25, -0.2) is 0 Å². The van der Waals surface area contributed by atoms with Crippen molar-refractivity contribution in [2.45, 2.75) is 64.6 Å². The number of aromatic nitrogens is 1. The number of nitrogens with zero attached hydrogens (tertiary/aromatic N) is 1. The standard InChI is InChI=1S/C17H26N2O/c1-3-20-16-11-15(17(16)9-4-5-10-17)18-12-14-8-6-7-13(2)19-14/h6-8,15-16,18H,3-5,9-12H2,1-2H3. The molecule has 1 aromatic heterocycles. The fourth-order valence-electron chi connectivity index (χ4n) is 4.10. The van der Waals surface area contributed by atoms with E-state index in [0.717, 1.165) is 24.5 Å². The molecule has 3 heteroatoms. The lowest BCUT2D eigenvalue weighted by Gasteiger charge is -2.54. The molecule has 0 radical (unpaired) electrons. The zero-order valence-corrected chi connectivity index (χ0v) is 12.7. The molecule has 1 spiro atoms. The Morgan fingerprint density at radius 3 is 2.85 bits per heavy atom. The summed E-state index contributed by atoms with van der Waals surface area (Å²) in [5.41, 5.74) is 2.67. The largest absolute Gasteiger partial charge is 0.378 e. The normalized spacial score (nSPS) is 27.7. The van der Waals surface area contributed by atoms with Crippen LogP contribution in [-0.2, 0) is 11.3 Å². The van der Waals surface area contributed by atoms with E-state index in [1.807, 2.05) is 0 Å². The molecule has 2 atom stereocenters. The van der Waals surface area contributed by atoms with Crippen molar-refractivity contribution in [3.05, 3.63) is 29.6 Å². The van der Waals surface area contributed by atoms with Crippen LogP contribution in [0.2, 0.25) is 0 Å². The SMILES string of the molecule is CCOC1CC(NCc2cccc(C)n2)C12CCCC2. The lowest BCUT2D eigenvalue weighted by atomic mass is 9.60. The van der Waals surface area contributed by atoms with Gasteiger partial charge in [0.1, 0.15) is 0 Å². The van der Waals surface area contributed by atoms with E-state index < -0.39 is 0 Å². The molecule has 3 rings (SSSR count). The summed E-state index contributed by atoms with van der Waals surface area (Å²) in [6, 6.07) is 6.87. The summed E-state index contributed by atoms with van der Waals surface area (Å²) in [6.07, 6.45) is 7.04. The van der Waals surface area contributed by atoms with Gasteiger partial charge in [0.05, 0.1) is 11.8 Å². The Hall–Kier alpha value is -0.930. The first-order valence-electron chi connectivity index (χ1n) is 8.02. The average molecular weight is 274 g/mol. The summed E-state index contributed by atoms with van der Waals surface area (Å²) in [7, 11) is 0. The number of rotatable bonds is 5. The fraction of sp³-hybridized carbons (Fsp3) is 0.706. The molecule has 2 saturated carbocycles. The third-order valence-electron chi connectivity index (χ3n) is 5.16. The van der Waals surface area contributed by atoms with E-state index in [-0.39, 0.29) is 0 Å². The summed E-state index contributed by atoms with van der Waals surface area (Å²) in [6.45, 7) is 5.89. The highest BCUT2D eigenvalue weighted by atomic mass is 16.5. The molecule has 0 amide bonds. The van der Waals surface area contributed by atoms with Crippen LogP contribution < -0.4 is 5.32 Å². The molecule has 1 N–H and O–H groups in total. The maximum atomic E-state index is 5.96. The Morgan fingerprint density at radius 2 is 2.15 bits per heavy atom. The third-order valence-corrected chi connectivity index (χ3v) is 5.16. The van der Waals surface area contributed by atoms with Crippen LogP contribution in [0.15, 0.2) is 18.2 Å². The molecule has 1 heterocycles. The number of ether oxygens (including phenoxy) is 1. The minimum Gasteiger partial charge on any atom is -0.378 e. The predicted octanol–water partition coefficient (Wildman–Crippen LogP) is 3.22. The summed E-state index contributed by atoms with van der Waals surface area (Å²) in [5, 5.41) is 3.74. The second kappa shape index (κ2) is 5.82. The van der Waals surface area contributed by atoms with Crippen molar-refractivity contribution in [2.75, 3.05) is 6.61 Å². The van der Waals surface area contributed by atoms with Gasteiger partial charge in [-0.05, 0) is 45.2 Å². The highest BCUT2D eigenvalue weighted by molar-refractivity contribution is 5.13. The highest BCUT2D eigenvalue weighted by Gasteiger charge is 2.56. The van der Waals surface area contributed by atoms with Gasteiger partial charge >= 0.3 is 0 Å². The smallest absolute Gasteiger partial charge is 0.0661 e. The van der Waals surface area contributed by atoms with Gasteiger partial charge in [0.2, 0.25) is 0 Å². The molecule has 0 aliphatic heterocycles. The Balaban J connectivity index is 1.60. The first-order chi connectivity index (χ1) is 9.74. The maximum absolute atomic E-state index is 5.96. The van der Waals surface area contributed by atoms with E-state index in [2.05, 4.69) is 42.3 Å². The molecule has 3 nitrogen and oxygen atoms in total. The second-order valence-corrected chi connectivity index (χ2v) is 6.32. The number of hydrogen-bond donors (Lipinski definition) is 1. The third kappa shape index (κ3) is 2.49. The molecule has 0 saturated heterocycles. The van der Waals surface area contributed by atoms with Crippen molar-refractivity contribution >= 4 is 0 Å². The van der Waals surface area contributed by atoms with Crippen LogP contribution in [0.4, 0.5) is 0 Å². The molecule has 2 fully saturated rings. The first-order valence-corrected chi connectivity index (χ1v) is 8.02. The topological polar surface area (TPSA) is 34.1 Å². The Morgan fingerprint density at radius 1 is 1.35 bits per heavy atom. The van der Waals surface area contributed by atoms with Gasteiger partial charge in [-0.2, -0.15) is 0 Å². The van der Waals surface area contributed by atoms with Crippen LogP contribution >= 0.6 is 0 Å².